The highest BCUT2D eigenvalue weighted by Gasteiger charge is 2.18. The van der Waals surface area contributed by atoms with E-state index >= 15 is 0 Å². The molecular formula is C23H25N7O3. The fraction of sp³-hybridized carbons (Fsp3) is 0.304. The maximum Gasteiger partial charge on any atom is 0.332 e. The summed E-state index contributed by atoms with van der Waals surface area (Å²) in [7, 11) is 0. The molecule has 170 valence electrons. The molecule has 0 saturated heterocycles. The van der Waals surface area contributed by atoms with Crippen LogP contribution in [-0.2, 0) is 19.6 Å². The van der Waals surface area contributed by atoms with Gasteiger partial charge in [-0.05, 0) is 36.6 Å². The van der Waals surface area contributed by atoms with Gasteiger partial charge >= 0.3 is 5.69 Å². The second-order valence-corrected chi connectivity index (χ2v) is 7.65. The number of aromatic amines is 1. The van der Waals surface area contributed by atoms with E-state index in [0.717, 1.165) is 12.0 Å². The third-order valence-electron chi connectivity index (χ3n) is 5.20. The van der Waals surface area contributed by atoms with Crippen molar-refractivity contribution < 1.29 is 4.79 Å². The van der Waals surface area contributed by atoms with Crippen LogP contribution in [0.25, 0.3) is 22.6 Å². The number of aromatic nitrogens is 6. The van der Waals surface area contributed by atoms with Crippen molar-refractivity contribution in [2.24, 2.45) is 0 Å². The molecule has 0 aliphatic rings. The van der Waals surface area contributed by atoms with Crippen molar-refractivity contribution in [2.45, 2.75) is 46.3 Å². The smallest absolute Gasteiger partial charge is 0.332 e. The second kappa shape index (κ2) is 9.60. The zero-order valence-electron chi connectivity index (χ0n) is 18.5. The number of hydrogen-bond acceptors (Lipinski definition) is 6. The number of imidazole rings is 1. The number of carbonyl (C=O) groups is 1. The third kappa shape index (κ3) is 4.45. The predicted octanol–water partition coefficient (Wildman–Crippen LogP) is 2.09. The van der Waals surface area contributed by atoms with E-state index in [1.165, 1.54) is 15.3 Å². The molecule has 0 fully saturated rings. The number of fused-ring (bicyclic) bond motifs is 1. The van der Waals surface area contributed by atoms with Crippen molar-refractivity contribution in [3.05, 3.63) is 75.0 Å². The number of rotatable bonds is 8. The minimum atomic E-state index is -0.387. The maximum absolute atomic E-state index is 12.9. The number of H-pyrrole nitrogens is 1. The Morgan fingerprint density at radius 2 is 1.85 bits per heavy atom. The summed E-state index contributed by atoms with van der Waals surface area (Å²) >= 11 is 0. The van der Waals surface area contributed by atoms with Crippen LogP contribution in [0.2, 0.25) is 0 Å². The van der Waals surface area contributed by atoms with E-state index in [4.69, 9.17) is 0 Å². The van der Waals surface area contributed by atoms with Gasteiger partial charge in [-0.3, -0.25) is 28.7 Å². The highest BCUT2D eigenvalue weighted by Crippen LogP contribution is 2.18. The van der Waals surface area contributed by atoms with E-state index < -0.39 is 0 Å². The molecule has 0 bridgehead atoms. The fourth-order valence-corrected chi connectivity index (χ4v) is 3.59. The quantitative estimate of drug-likeness (QED) is 0.426. The highest BCUT2D eigenvalue weighted by molar-refractivity contribution is 5.92. The van der Waals surface area contributed by atoms with Crippen molar-refractivity contribution in [2.75, 3.05) is 0 Å². The number of hydrogen-bond donors (Lipinski definition) is 2. The molecule has 0 atom stereocenters. The Morgan fingerprint density at radius 1 is 1.06 bits per heavy atom. The van der Waals surface area contributed by atoms with Crippen molar-refractivity contribution in [3.63, 3.8) is 0 Å². The summed E-state index contributed by atoms with van der Waals surface area (Å²) in [5.74, 6) is 0.102. The van der Waals surface area contributed by atoms with Gasteiger partial charge in [0.05, 0.1) is 0 Å². The van der Waals surface area contributed by atoms with Crippen LogP contribution in [-0.4, -0.2) is 35.0 Å². The van der Waals surface area contributed by atoms with Crippen LogP contribution in [0.4, 0.5) is 0 Å². The number of carbonyl (C=O) groups excluding carboxylic acids is 1. The first kappa shape index (κ1) is 22.1. The zero-order valence-corrected chi connectivity index (χ0v) is 18.5. The third-order valence-corrected chi connectivity index (χ3v) is 5.20. The van der Waals surface area contributed by atoms with E-state index in [2.05, 4.69) is 25.3 Å². The molecule has 0 saturated carbocycles. The first-order chi connectivity index (χ1) is 16.0. The number of pyridine rings is 2. The van der Waals surface area contributed by atoms with Gasteiger partial charge in [-0.15, -0.1) is 0 Å². The molecular weight excluding hydrogens is 422 g/mol. The molecule has 4 aromatic heterocycles. The summed E-state index contributed by atoms with van der Waals surface area (Å²) in [5, 5.41) is 2.80. The van der Waals surface area contributed by atoms with E-state index in [0.29, 0.717) is 43.1 Å². The lowest BCUT2D eigenvalue weighted by atomic mass is 10.2. The first-order valence-corrected chi connectivity index (χ1v) is 10.9. The normalized spacial score (nSPS) is 11.1. The van der Waals surface area contributed by atoms with Crippen LogP contribution in [0, 0.1) is 0 Å². The summed E-state index contributed by atoms with van der Waals surface area (Å²) in [4.78, 5) is 53.9. The summed E-state index contributed by atoms with van der Waals surface area (Å²) in [6, 6.07) is 6.98. The van der Waals surface area contributed by atoms with Crippen molar-refractivity contribution in [1.29, 1.82) is 0 Å². The summed E-state index contributed by atoms with van der Waals surface area (Å²) in [5.41, 5.74) is 1.61. The Balaban J connectivity index is 1.63. The fourth-order valence-electron chi connectivity index (χ4n) is 3.59. The molecule has 10 nitrogen and oxygen atoms in total. The molecule has 1 amide bonds. The number of amides is 1. The van der Waals surface area contributed by atoms with Gasteiger partial charge in [0.1, 0.15) is 17.0 Å². The Bertz CT molecular complexity index is 1390. The summed E-state index contributed by atoms with van der Waals surface area (Å²) < 4.78 is 2.77. The lowest BCUT2D eigenvalue weighted by molar-refractivity contribution is 0.0946. The van der Waals surface area contributed by atoms with E-state index in [-0.39, 0.29) is 28.4 Å². The van der Waals surface area contributed by atoms with Gasteiger partial charge in [0.2, 0.25) is 0 Å². The van der Waals surface area contributed by atoms with Gasteiger partial charge in [-0.2, -0.15) is 0 Å². The molecule has 33 heavy (non-hydrogen) atoms. The molecule has 0 radical (unpaired) electrons. The maximum atomic E-state index is 12.9. The minimum absolute atomic E-state index is 0.256. The Hall–Kier alpha value is -4.08. The molecule has 0 aliphatic heterocycles. The molecule has 0 aliphatic carbocycles. The standard InChI is InChI=1S/C23H25N7O3/c1-3-10-29-20-18(22(32)30(11-4-2)23(29)33)27-19(28-20)16-7-8-17(25-14-16)21(31)26-13-15-6-5-9-24-12-15/h5-9,12,14H,3-4,10-11,13H2,1-2H3,(H,26,31)(H,27,28). The van der Waals surface area contributed by atoms with Crippen LogP contribution in [0.1, 0.15) is 42.7 Å². The van der Waals surface area contributed by atoms with Gasteiger partial charge in [-0.1, -0.05) is 19.9 Å². The highest BCUT2D eigenvalue weighted by atomic mass is 16.2. The second-order valence-electron chi connectivity index (χ2n) is 7.65. The molecule has 4 heterocycles. The van der Waals surface area contributed by atoms with Gasteiger partial charge in [-0.25, -0.2) is 9.78 Å². The largest absolute Gasteiger partial charge is 0.347 e. The molecule has 4 rings (SSSR count). The lowest BCUT2D eigenvalue weighted by Gasteiger charge is -2.09. The number of nitrogens with one attached hydrogen (secondary N) is 2. The molecule has 0 spiro atoms. The first-order valence-electron chi connectivity index (χ1n) is 10.9. The predicted molar refractivity (Wildman–Crippen MR) is 124 cm³/mol. The Kier molecular flexibility index (Phi) is 6.43. The summed E-state index contributed by atoms with van der Waals surface area (Å²) in [6.07, 6.45) is 6.27. The molecule has 0 unspecified atom stereocenters. The van der Waals surface area contributed by atoms with Crippen molar-refractivity contribution in [3.8, 4) is 11.4 Å². The minimum Gasteiger partial charge on any atom is -0.347 e. The lowest BCUT2D eigenvalue weighted by Crippen LogP contribution is -2.40. The monoisotopic (exact) mass is 447 g/mol. The van der Waals surface area contributed by atoms with Crippen LogP contribution >= 0.6 is 0 Å². The van der Waals surface area contributed by atoms with E-state index in [1.54, 1.807) is 30.6 Å². The van der Waals surface area contributed by atoms with Crippen LogP contribution < -0.4 is 16.6 Å². The SMILES string of the molecule is CCCn1c(=O)c2[nH]c(-c3ccc(C(=O)NCc4cccnc4)nc3)nc2n(CCC)c1=O. The number of nitrogens with zero attached hydrogens (tertiary/aromatic N) is 5. The average molecular weight is 447 g/mol. The molecule has 0 aromatic carbocycles. The average Bonchev–Trinajstić information content (AvgIpc) is 3.29. The van der Waals surface area contributed by atoms with Crippen LogP contribution in [0.5, 0.6) is 0 Å². The van der Waals surface area contributed by atoms with Crippen molar-refractivity contribution in [1.82, 2.24) is 34.4 Å². The van der Waals surface area contributed by atoms with Crippen molar-refractivity contribution >= 4 is 17.1 Å². The number of aryl methyl sites for hydroxylation is 1. The Labute approximate surface area is 189 Å². The van der Waals surface area contributed by atoms with Gasteiger partial charge in [0.25, 0.3) is 11.5 Å². The topological polar surface area (TPSA) is 128 Å². The zero-order chi connectivity index (χ0) is 23.4. The van der Waals surface area contributed by atoms with Gasteiger partial charge in [0.15, 0.2) is 5.65 Å². The van der Waals surface area contributed by atoms with Crippen LogP contribution in [0.3, 0.4) is 0 Å². The molecule has 2 N–H and O–H groups in total. The van der Waals surface area contributed by atoms with Gasteiger partial charge < -0.3 is 10.3 Å². The molecule has 4 aromatic rings. The van der Waals surface area contributed by atoms with E-state index in [9.17, 15) is 14.4 Å². The Morgan fingerprint density at radius 3 is 2.52 bits per heavy atom. The van der Waals surface area contributed by atoms with Gasteiger partial charge in [0, 0.05) is 43.8 Å². The van der Waals surface area contributed by atoms with Crippen LogP contribution in [0.15, 0.2) is 52.4 Å². The summed E-state index contributed by atoms with van der Waals surface area (Å²) in [6.45, 7) is 5.02. The van der Waals surface area contributed by atoms with E-state index in [1.807, 2.05) is 19.9 Å². The molecule has 10 heteroatoms.